The van der Waals surface area contributed by atoms with Gasteiger partial charge in [0.05, 0.1) is 15.5 Å². The maximum Gasteiger partial charge on any atom is 0.417 e. The van der Waals surface area contributed by atoms with Crippen molar-refractivity contribution in [1.82, 2.24) is 24.0 Å². The number of benzene rings is 1. The van der Waals surface area contributed by atoms with Gasteiger partial charge in [-0.2, -0.15) is 22.6 Å². The molecule has 0 saturated carbocycles. The van der Waals surface area contributed by atoms with E-state index in [0.29, 0.717) is 19.0 Å². The summed E-state index contributed by atoms with van der Waals surface area (Å²) in [5.41, 5.74) is -1.20. The maximum absolute atomic E-state index is 13.0. The average Bonchev–Trinajstić information content (AvgIpc) is 3.21. The summed E-state index contributed by atoms with van der Waals surface area (Å²) < 4.78 is 67.3. The Morgan fingerprint density at radius 2 is 1.87 bits per heavy atom. The summed E-state index contributed by atoms with van der Waals surface area (Å²) in [4.78, 5) is 17.2. The minimum absolute atomic E-state index is 0.00112. The summed E-state index contributed by atoms with van der Waals surface area (Å²) >= 11 is 5.56. The third kappa shape index (κ3) is 5.10. The van der Waals surface area contributed by atoms with E-state index in [0.717, 1.165) is 16.4 Å². The fourth-order valence-electron chi connectivity index (χ4n) is 3.11. The molecular formula is C17H19ClF3N5O3S. The molecule has 2 aromatic rings. The molecule has 0 atom stereocenters. The summed E-state index contributed by atoms with van der Waals surface area (Å²) in [6.45, 7) is 0.878. The minimum Gasteiger partial charge on any atom is -0.340 e. The Morgan fingerprint density at radius 3 is 2.47 bits per heavy atom. The zero-order chi connectivity index (χ0) is 21.9. The van der Waals surface area contributed by atoms with Crippen LogP contribution >= 0.6 is 11.6 Å². The van der Waals surface area contributed by atoms with Crippen LogP contribution < -0.4 is 0 Å². The van der Waals surface area contributed by atoms with Crippen molar-refractivity contribution in [2.45, 2.75) is 30.5 Å². The van der Waals surface area contributed by atoms with E-state index < -0.39 is 31.7 Å². The number of nitrogens with zero attached hydrogens (tertiary/aromatic N) is 5. The fraction of sp³-hybridized carbons (Fsp3) is 0.471. The Labute approximate surface area is 176 Å². The summed E-state index contributed by atoms with van der Waals surface area (Å²) in [5.74, 6) is -0.113. The molecule has 13 heteroatoms. The molecule has 164 valence electrons. The molecular weight excluding hydrogens is 447 g/mol. The van der Waals surface area contributed by atoms with Gasteiger partial charge >= 0.3 is 6.18 Å². The van der Waals surface area contributed by atoms with Crippen molar-refractivity contribution in [3.05, 3.63) is 41.4 Å². The van der Waals surface area contributed by atoms with Gasteiger partial charge in [0.1, 0.15) is 12.7 Å². The summed E-state index contributed by atoms with van der Waals surface area (Å²) in [6.07, 6.45) is -0.973. The second-order valence-electron chi connectivity index (χ2n) is 6.69. The third-order valence-electron chi connectivity index (χ3n) is 4.72. The van der Waals surface area contributed by atoms with Crippen molar-refractivity contribution in [3.63, 3.8) is 0 Å². The number of piperazine rings is 1. The number of carbonyl (C=O) groups is 1. The van der Waals surface area contributed by atoms with Crippen LogP contribution in [0.1, 0.15) is 18.4 Å². The monoisotopic (exact) mass is 465 g/mol. The molecule has 0 bridgehead atoms. The van der Waals surface area contributed by atoms with Crippen molar-refractivity contribution in [3.8, 4) is 0 Å². The predicted molar refractivity (Wildman–Crippen MR) is 101 cm³/mol. The van der Waals surface area contributed by atoms with Gasteiger partial charge in [0.2, 0.25) is 15.9 Å². The van der Waals surface area contributed by atoms with E-state index in [1.807, 2.05) is 0 Å². The molecule has 1 aromatic heterocycles. The fourth-order valence-corrected chi connectivity index (χ4v) is 4.78. The lowest BCUT2D eigenvalue weighted by Gasteiger charge is -2.34. The van der Waals surface area contributed by atoms with Crippen LogP contribution in [0.15, 0.2) is 35.7 Å². The van der Waals surface area contributed by atoms with E-state index in [4.69, 9.17) is 11.6 Å². The van der Waals surface area contributed by atoms with Crippen LogP contribution in [0.3, 0.4) is 0 Å². The molecule has 1 fully saturated rings. The van der Waals surface area contributed by atoms with Crippen LogP contribution in [0.25, 0.3) is 0 Å². The molecule has 3 rings (SSSR count). The van der Waals surface area contributed by atoms with E-state index in [-0.39, 0.29) is 38.5 Å². The van der Waals surface area contributed by atoms with Gasteiger partial charge in [-0.25, -0.2) is 13.4 Å². The Bertz CT molecular complexity index is 991. The van der Waals surface area contributed by atoms with Crippen molar-refractivity contribution in [1.29, 1.82) is 0 Å². The summed E-state index contributed by atoms with van der Waals surface area (Å²) in [7, 11) is -4.14. The molecule has 0 spiro atoms. The first kappa shape index (κ1) is 22.5. The Kier molecular flexibility index (Phi) is 6.68. The van der Waals surface area contributed by atoms with Crippen molar-refractivity contribution in [2.24, 2.45) is 0 Å². The number of carbonyl (C=O) groups excluding carboxylic acids is 1. The third-order valence-corrected chi connectivity index (χ3v) is 6.94. The van der Waals surface area contributed by atoms with E-state index >= 15 is 0 Å². The first-order valence-corrected chi connectivity index (χ1v) is 10.9. The number of amides is 1. The number of hydrogen-bond donors (Lipinski definition) is 0. The molecule has 1 amide bonds. The van der Waals surface area contributed by atoms with Crippen LogP contribution in [0.5, 0.6) is 0 Å². The molecule has 1 saturated heterocycles. The van der Waals surface area contributed by atoms with Crippen LogP contribution in [-0.2, 0) is 27.5 Å². The zero-order valence-corrected chi connectivity index (χ0v) is 17.3. The Balaban J connectivity index is 1.59. The molecule has 0 radical (unpaired) electrons. The highest BCUT2D eigenvalue weighted by molar-refractivity contribution is 7.89. The molecule has 0 aliphatic carbocycles. The predicted octanol–water partition coefficient (Wildman–Crippen LogP) is 2.26. The van der Waals surface area contributed by atoms with Gasteiger partial charge in [0.25, 0.3) is 0 Å². The van der Waals surface area contributed by atoms with Gasteiger partial charge in [-0.3, -0.25) is 9.48 Å². The normalized spacial score (nSPS) is 16.1. The van der Waals surface area contributed by atoms with Gasteiger partial charge in [0.15, 0.2) is 0 Å². The first-order valence-electron chi connectivity index (χ1n) is 9.06. The van der Waals surface area contributed by atoms with Crippen molar-refractivity contribution < 1.29 is 26.4 Å². The lowest BCUT2D eigenvalue weighted by atomic mass is 10.2. The highest BCUT2D eigenvalue weighted by atomic mass is 35.5. The molecule has 1 aliphatic rings. The van der Waals surface area contributed by atoms with Crippen molar-refractivity contribution >= 4 is 27.5 Å². The minimum atomic E-state index is -4.76. The molecule has 0 unspecified atom stereocenters. The second-order valence-corrected chi connectivity index (χ2v) is 9.03. The maximum atomic E-state index is 13.0. The lowest BCUT2D eigenvalue weighted by Crippen LogP contribution is -2.50. The van der Waals surface area contributed by atoms with E-state index in [2.05, 4.69) is 10.1 Å². The Hall–Kier alpha value is -2.18. The topological polar surface area (TPSA) is 88.4 Å². The van der Waals surface area contributed by atoms with E-state index in [1.54, 1.807) is 15.9 Å². The van der Waals surface area contributed by atoms with Gasteiger partial charge in [0, 0.05) is 39.1 Å². The number of aryl methyl sites for hydroxylation is 1. The van der Waals surface area contributed by atoms with Crippen LogP contribution in [0, 0.1) is 0 Å². The van der Waals surface area contributed by atoms with Crippen LogP contribution in [0.2, 0.25) is 5.02 Å². The lowest BCUT2D eigenvalue weighted by molar-refractivity contribution is -0.137. The molecule has 30 heavy (non-hydrogen) atoms. The molecule has 8 nitrogen and oxygen atoms in total. The highest BCUT2D eigenvalue weighted by Crippen LogP contribution is 2.36. The van der Waals surface area contributed by atoms with Crippen molar-refractivity contribution in [2.75, 3.05) is 26.2 Å². The summed E-state index contributed by atoms with van der Waals surface area (Å²) in [5, 5.41) is 3.38. The largest absolute Gasteiger partial charge is 0.417 e. The number of aromatic nitrogens is 3. The molecule has 1 aromatic carbocycles. The number of sulfonamides is 1. The molecule has 0 N–H and O–H groups in total. The quantitative estimate of drug-likeness (QED) is 0.653. The van der Waals surface area contributed by atoms with Crippen LogP contribution in [-0.4, -0.2) is 64.5 Å². The zero-order valence-electron chi connectivity index (χ0n) is 15.7. The number of hydrogen-bond acceptors (Lipinski definition) is 5. The van der Waals surface area contributed by atoms with Gasteiger partial charge in [-0.1, -0.05) is 11.6 Å². The summed E-state index contributed by atoms with van der Waals surface area (Å²) in [6, 6.07) is 2.51. The second kappa shape index (κ2) is 8.90. The number of alkyl halides is 3. The van der Waals surface area contributed by atoms with Crippen LogP contribution in [0.4, 0.5) is 13.2 Å². The van der Waals surface area contributed by atoms with E-state index in [9.17, 15) is 26.4 Å². The highest BCUT2D eigenvalue weighted by Gasteiger charge is 2.36. The van der Waals surface area contributed by atoms with Gasteiger partial charge < -0.3 is 4.90 Å². The average molecular weight is 466 g/mol. The number of rotatable bonds is 6. The molecule has 2 heterocycles. The first-order chi connectivity index (χ1) is 14.1. The SMILES string of the molecule is O=C(CCCn1cncn1)N1CCN(S(=O)(=O)c2ccc(Cl)c(C(F)(F)F)c2)CC1. The van der Waals surface area contributed by atoms with E-state index in [1.165, 1.54) is 6.33 Å². The standard InChI is InChI=1S/C17H19ClF3N5O3S/c18-15-4-3-13(10-14(15)17(19,20)21)30(28,29)26-8-6-24(7-9-26)16(27)2-1-5-25-12-22-11-23-25/h3-4,10-12H,1-2,5-9H2. The Morgan fingerprint density at radius 1 is 1.17 bits per heavy atom. The number of halogens is 4. The smallest absolute Gasteiger partial charge is 0.340 e. The van der Waals surface area contributed by atoms with Gasteiger partial charge in [-0.05, 0) is 24.6 Å². The molecule has 1 aliphatic heterocycles. The van der Waals surface area contributed by atoms with Gasteiger partial charge in [-0.15, -0.1) is 0 Å².